The van der Waals surface area contributed by atoms with Gasteiger partial charge in [0.1, 0.15) is 5.75 Å². The van der Waals surface area contributed by atoms with Crippen LogP contribution in [0.15, 0.2) is 24.3 Å². The second-order valence-corrected chi connectivity index (χ2v) is 6.08. The summed E-state index contributed by atoms with van der Waals surface area (Å²) >= 11 is 0. The number of hydrogen-bond donors (Lipinski definition) is 3. The van der Waals surface area contributed by atoms with E-state index in [4.69, 9.17) is 4.74 Å². The van der Waals surface area contributed by atoms with Gasteiger partial charge in [-0.15, -0.1) is 0 Å². The fourth-order valence-electron chi connectivity index (χ4n) is 2.85. The number of aromatic nitrogens is 2. The lowest BCUT2D eigenvalue weighted by Gasteiger charge is -2.23. The summed E-state index contributed by atoms with van der Waals surface area (Å²) < 4.78 is 5.11. The number of aryl methyl sites for hydroxylation is 2. The number of aliphatic hydroxyl groups excluding tert-OH is 1. The Hall–Kier alpha value is -2.34. The first-order chi connectivity index (χ1) is 11.3. The Bertz CT molecular complexity index is 675. The van der Waals surface area contributed by atoms with E-state index in [1.165, 1.54) is 0 Å². The van der Waals surface area contributed by atoms with Crippen LogP contribution in [0.4, 0.5) is 0 Å². The number of rotatable bonds is 6. The summed E-state index contributed by atoms with van der Waals surface area (Å²) in [6, 6.07) is 6.74. The van der Waals surface area contributed by atoms with Crippen LogP contribution in [0.1, 0.15) is 48.4 Å². The van der Waals surface area contributed by atoms with Crippen molar-refractivity contribution in [2.45, 2.75) is 45.8 Å². The molecular formula is C18H25N3O3. The molecule has 1 aromatic heterocycles. The molecule has 6 nitrogen and oxygen atoms in total. The van der Waals surface area contributed by atoms with E-state index in [2.05, 4.69) is 15.5 Å². The number of H-pyrrole nitrogens is 1. The molecule has 0 aliphatic rings. The number of ether oxygens (including phenoxy) is 1. The highest BCUT2D eigenvalue weighted by molar-refractivity contribution is 5.84. The van der Waals surface area contributed by atoms with E-state index in [1.807, 2.05) is 20.8 Å². The molecule has 1 aromatic carbocycles. The van der Waals surface area contributed by atoms with Gasteiger partial charge in [0, 0.05) is 11.3 Å². The molecular weight excluding hydrogens is 306 g/mol. The largest absolute Gasteiger partial charge is 0.497 e. The van der Waals surface area contributed by atoms with Gasteiger partial charge in [-0.2, -0.15) is 5.10 Å². The Morgan fingerprint density at radius 2 is 1.88 bits per heavy atom. The van der Waals surface area contributed by atoms with Crippen molar-refractivity contribution in [3.63, 3.8) is 0 Å². The maximum atomic E-state index is 12.5. The third-order valence-corrected chi connectivity index (χ3v) is 4.31. The summed E-state index contributed by atoms with van der Waals surface area (Å²) in [5, 5.41) is 20.4. The minimum absolute atomic E-state index is 0.136. The molecule has 130 valence electrons. The van der Waals surface area contributed by atoms with Crippen molar-refractivity contribution in [2.75, 3.05) is 7.11 Å². The average molecular weight is 331 g/mol. The van der Waals surface area contributed by atoms with Crippen LogP contribution >= 0.6 is 0 Å². The molecule has 0 saturated heterocycles. The van der Waals surface area contributed by atoms with Crippen molar-refractivity contribution >= 4 is 5.91 Å². The second-order valence-electron chi connectivity index (χ2n) is 6.08. The third-order valence-electron chi connectivity index (χ3n) is 4.31. The molecule has 24 heavy (non-hydrogen) atoms. The lowest BCUT2D eigenvalue weighted by atomic mass is 9.97. The number of aliphatic hydroxyl groups is 1. The van der Waals surface area contributed by atoms with E-state index in [-0.39, 0.29) is 11.8 Å². The molecule has 3 N–H and O–H groups in total. The van der Waals surface area contributed by atoms with Gasteiger partial charge in [-0.05, 0) is 45.4 Å². The van der Waals surface area contributed by atoms with E-state index in [1.54, 1.807) is 38.3 Å². The third kappa shape index (κ3) is 3.76. The van der Waals surface area contributed by atoms with Crippen molar-refractivity contribution in [2.24, 2.45) is 0 Å². The van der Waals surface area contributed by atoms with Crippen LogP contribution in [-0.2, 0) is 4.79 Å². The molecule has 0 aliphatic carbocycles. The Balaban J connectivity index is 2.04. The minimum atomic E-state index is -0.793. The number of nitrogens with one attached hydrogen (secondary N) is 2. The molecule has 6 heteroatoms. The van der Waals surface area contributed by atoms with Gasteiger partial charge in [-0.3, -0.25) is 9.89 Å². The van der Waals surface area contributed by atoms with Gasteiger partial charge in [-0.25, -0.2) is 0 Å². The van der Waals surface area contributed by atoms with Crippen molar-refractivity contribution in [1.82, 2.24) is 15.5 Å². The van der Waals surface area contributed by atoms with Crippen LogP contribution in [0, 0.1) is 13.8 Å². The molecule has 0 saturated carbocycles. The van der Waals surface area contributed by atoms with Crippen LogP contribution in [0.25, 0.3) is 0 Å². The van der Waals surface area contributed by atoms with Crippen LogP contribution in [-0.4, -0.2) is 34.4 Å². The number of amides is 1. The summed E-state index contributed by atoms with van der Waals surface area (Å²) in [5.74, 6) is 0.249. The van der Waals surface area contributed by atoms with Gasteiger partial charge >= 0.3 is 0 Å². The fourth-order valence-corrected chi connectivity index (χ4v) is 2.85. The first-order valence-corrected chi connectivity index (χ1v) is 7.99. The molecule has 1 amide bonds. The van der Waals surface area contributed by atoms with Gasteiger partial charge in [-0.1, -0.05) is 12.1 Å². The second kappa shape index (κ2) is 7.49. The number of benzene rings is 1. The molecule has 0 unspecified atom stereocenters. The first kappa shape index (κ1) is 18.0. The van der Waals surface area contributed by atoms with Crippen molar-refractivity contribution in [3.8, 4) is 5.75 Å². The lowest BCUT2D eigenvalue weighted by molar-refractivity contribution is -0.123. The lowest BCUT2D eigenvalue weighted by Crippen LogP contribution is -2.39. The standard InChI is InChI=1S/C18H25N3O3/c1-10(16-11(2)20-21-12(16)3)18(23)19-13(4)17(22)14-6-8-15(24-5)9-7-14/h6-10,13,17,22H,1-5H3,(H,19,23)(H,20,21)/t10-,13-,17-/m1/s1. The highest BCUT2D eigenvalue weighted by Gasteiger charge is 2.25. The topological polar surface area (TPSA) is 87.2 Å². The van der Waals surface area contributed by atoms with E-state index < -0.39 is 12.1 Å². The molecule has 0 radical (unpaired) electrons. The quantitative estimate of drug-likeness (QED) is 0.758. The molecule has 2 aromatic rings. The average Bonchev–Trinajstić information content (AvgIpc) is 2.92. The molecule has 0 aliphatic heterocycles. The Morgan fingerprint density at radius 1 is 1.25 bits per heavy atom. The van der Waals surface area contributed by atoms with Gasteiger partial charge in [0.05, 0.1) is 30.9 Å². The summed E-state index contributed by atoms with van der Waals surface area (Å²) in [6.45, 7) is 7.40. The smallest absolute Gasteiger partial charge is 0.227 e. The van der Waals surface area contributed by atoms with Crippen molar-refractivity contribution < 1.29 is 14.6 Å². The van der Waals surface area contributed by atoms with Crippen molar-refractivity contribution in [1.29, 1.82) is 0 Å². The normalized spacial score (nSPS) is 14.8. The van der Waals surface area contributed by atoms with Crippen LogP contribution in [0.3, 0.4) is 0 Å². The number of nitrogens with zero attached hydrogens (tertiary/aromatic N) is 1. The maximum absolute atomic E-state index is 12.5. The predicted octanol–water partition coefficient (Wildman–Crippen LogP) is 2.38. The van der Waals surface area contributed by atoms with Crippen LogP contribution in [0.5, 0.6) is 5.75 Å². The monoisotopic (exact) mass is 331 g/mol. The fraction of sp³-hybridized carbons (Fsp3) is 0.444. The van der Waals surface area contributed by atoms with E-state index in [9.17, 15) is 9.90 Å². The highest BCUT2D eigenvalue weighted by atomic mass is 16.5. The molecule has 0 spiro atoms. The minimum Gasteiger partial charge on any atom is -0.497 e. The zero-order chi connectivity index (χ0) is 17.9. The summed E-state index contributed by atoms with van der Waals surface area (Å²) in [6.07, 6.45) is -0.793. The van der Waals surface area contributed by atoms with Gasteiger partial charge < -0.3 is 15.2 Å². The Labute approximate surface area is 142 Å². The maximum Gasteiger partial charge on any atom is 0.227 e. The van der Waals surface area contributed by atoms with Crippen LogP contribution < -0.4 is 10.1 Å². The molecule has 3 atom stereocenters. The number of carbonyl (C=O) groups is 1. The number of methoxy groups -OCH3 is 1. The predicted molar refractivity (Wildman–Crippen MR) is 92.0 cm³/mol. The highest BCUT2D eigenvalue weighted by Crippen LogP contribution is 2.24. The molecule has 1 heterocycles. The molecule has 0 fully saturated rings. The molecule has 2 rings (SSSR count). The zero-order valence-corrected chi connectivity index (χ0v) is 14.8. The zero-order valence-electron chi connectivity index (χ0n) is 14.8. The Kier molecular flexibility index (Phi) is 5.62. The van der Waals surface area contributed by atoms with Gasteiger partial charge in [0.15, 0.2) is 0 Å². The van der Waals surface area contributed by atoms with E-state index in [0.29, 0.717) is 0 Å². The first-order valence-electron chi connectivity index (χ1n) is 7.99. The number of hydrogen-bond acceptors (Lipinski definition) is 4. The summed E-state index contributed by atoms with van der Waals surface area (Å²) in [7, 11) is 1.59. The Morgan fingerprint density at radius 3 is 2.38 bits per heavy atom. The molecule has 0 bridgehead atoms. The number of carbonyl (C=O) groups excluding carboxylic acids is 1. The number of aromatic amines is 1. The van der Waals surface area contributed by atoms with Crippen molar-refractivity contribution in [3.05, 3.63) is 46.8 Å². The van der Waals surface area contributed by atoms with Gasteiger partial charge in [0.2, 0.25) is 5.91 Å². The van der Waals surface area contributed by atoms with Gasteiger partial charge in [0.25, 0.3) is 0 Å². The summed E-state index contributed by atoms with van der Waals surface area (Å²) in [5.41, 5.74) is 3.34. The van der Waals surface area contributed by atoms with E-state index in [0.717, 1.165) is 28.3 Å². The van der Waals surface area contributed by atoms with E-state index >= 15 is 0 Å². The van der Waals surface area contributed by atoms with Crippen LogP contribution in [0.2, 0.25) is 0 Å². The SMILES string of the molecule is COc1ccc([C@H](O)[C@@H](C)NC(=O)[C@H](C)c2c(C)n[nH]c2C)cc1. The summed E-state index contributed by atoms with van der Waals surface area (Å²) in [4.78, 5) is 12.5.